The van der Waals surface area contributed by atoms with Gasteiger partial charge in [0.1, 0.15) is 5.82 Å². The van der Waals surface area contributed by atoms with E-state index < -0.39 is 0 Å². The Morgan fingerprint density at radius 2 is 2.12 bits per heavy atom. The van der Waals surface area contributed by atoms with Crippen LogP contribution in [0.15, 0.2) is 12.3 Å². The van der Waals surface area contributed by atoms with Gasteiger partial charge in [0.2, 0.25) is 0 Å². The first kappa shape index (κ1) is 12.4. The van der Waals surface area contributed by atoms with Gasteiger partial charge in [0.25, 0.3) is 0 Å². The molecule has 0 N–H and O–H groups in total. The summed E-state index contributed by atoms with van der Waals surface area (Å²) < 4.78 is 0. The Morgan fingerprint density at radius 3 is 2.71 bits per heavy atom. The second kappa shape index (κ2) is 5.05. The van der Waals surface area contributed by atoms with E-state index >= 15 is 0 Å². The second-order valence-corrected chi connectivity index (χ2v) is 5.30. The Labute approximate surface area is 104 Å². The number of aromatic nitrogens is 1. The van der Waals surface area contributed by atoms with Crippen LogP contribution in [0.5, 0.6) is 0 Å². The van der Waals surface area contributed by atoms with Crippen molar-refractivity contribution in [2.75, 3.05) is 32.6 Å². The maximum Gasteiger partial charge on any atom is 0.130 e. The van der Waals surface area contributed by atoms with E-state index in [9.17, 15) is 0 Å². The molecule has 17 heavy (non-hydrogen) atoms. The van der Waals surface area contributed by atoms with Crippen molar-refractivity contribution >= 4 is 5.82 Å². The van der Waals surface area contributed by atoms with E-state index in [0.717, 1.165) is 5.82 Å². The average Bonchev–Trinajstić information content (AvgIpc) is 2.29. The van der Waals surface area contributed by atoms with Crippen LogP contribution in [0.4, 0.5) is 5.82 Å². The molecule has 3 nitrogen and oxygen atoms in total. The Balaban J connectivity index is 2.24. The topological polar surface area (TPSA) is 19.4 Å². The van der Waals surface area contributed by atoms with Crippen molar-refractivity contribution in [2.45, 2.75) is 32.2 Å². The van der Waals surface area contributed by atoms with Crippen molar-refractivity contribution < 1.29 is 0 Å². The Bertz CT molecular complexity index is 387. The van der Waals surface area contributed by atoms with E-state index in [2.05, 4.69) is 41.0 Å². The predicted octanol–water partition coefficient (Wildman–Crippen LogP) is 2.61. The van der Waals surface area contributed by atoms with Crippen molar-refractivity contribution in [3.63, 3.8) is 0 Å². The van der Waals surface area contributed by atoms with E-state index in [1.807, 2.05) is 14.1 Å². The molecule has 0 unspecified atom stereocenters. The van der Waals surface area contributed by atoms with Gasteiger partial charge in [0, 0.05) is 26.3 Å². The SMILES string of the molecule is Cc1cc([C@H]2CCCCN2C)cnc1N(C)C. The normalized spacial score (nSPS) is 21.5. The first-order valence-electron chi connectivity index (χ1n) is 6.43. The minimum absolute atomic E-state index is 0.561. The molecule has 1 saturated heterocycles. The Morgan fingerprint density at radius 1 is 1.35 bits per heavy atom. The highest BCUT2D eigenvalue weighted by molar-refractivity contribution is 5.46. The minimum Gasteiger partial charge on any atom is -0.363 e. The highest BCUT2D eigenvalue weighted by Crippen LogP contribution is 2.30. The third-order valence-corrected chi connectivity index (χ3v) is 3.65. The molecule has 94 valence electrons. The summed E-state index contributed by atoms with van der Waals surface area (Å²) in [4.78, 5) is 9.11. The van der Waals surface area contributed by atoms with Gasteiger partial charge >= 0.3 is 0 Å². The molecule has 0 amide bonds. The van der Waals surface area contributed by atoms with Gasteiger partial charge in [0.15, 0.2) is 0 Å². The van der Waals surface area contributed by atoms with Crippen LogP contribution in [0.3, 0.4) is 0 Å². The standard InChI is InChI=1S/C14H23N3/c1-11-9-12(10-15-14(11)16(2)3)13-7-5-6-8-17(13)4/h9-10,13H,5-8H2,1-4H3/t13-/m1/s1. The van der Waals surface area contributed by atoms with Crippen LogP contribution in [0.2, 0.25) is 0 Å². The molecular formula is C14H23N3. The number of aryl methyl sites for hydroxylation is 1. The fraction of sp³-hybridized carbons (Fsp3) is 0.643. The fourth-order valence-corrected chi connectivity index (χ4v) is 2.74. The third kappa shape index (κ3) is 2.60. The zero-order valence-corrected chi connectivity index (χ0v) is 11.4. The van der Waals surface area contributed by atoms with Crippen molar-refractivity contribution in [1.29, 1.82) is 0 Å². The molecule has 1 aromatic rings. The lowest BCUT2D eigenvalue weighted by Gasteiger charge is -2.33. The Kier molecular flexibility index (Phi) is 3.67. The largest absolute Gasteiger partial charge is 0.363 e. The second-order valence-electron chi connectivity index (χ2n) is 5.30. The third-order valence-electron chi connectivity index (χ3n) is 3.65. The number of hydrogen-bond donors (Lipinski definition) is 0. The number of hydrogen-bond acceptors (Lipinski definition) is 3. The average molecular weight is 233 g/mol. The quantitative estimate of drug-likeness (QED) is 0.783. The monoisotopic (exact) mass is 233 g/mol. The summed E-state index contributed by atoms with van der Waals surface area (Å²) in [7, 11) is 6.31. The summed E-state index contributed by atoms with van der Waals surface area (Å²) in [6.07, 6.45) is 5.98. The number of rotatable bonds is 2. The smallest absolute Gasteiger partial charge is 0.130 e. The summed E-state index contributed by atoms with van der Waals surface area (Å²) >= 11 is 0. The van der Waals surface area contributed by atoms with Crippen molar-refractivity contribution in [2.24, 2.45) is 0 Å². The molecule has 0 aliphatic carbocycles. The molecule has 1 fully saturated rings. The molecule has 2 rings (SSSR count). The highest BCUT2D eigenvalue weighted by Gasteiger charge is 2.21. The van der Waals surface area contributed by atoms with E-state index in [0.29, 0.717) is 6.04 Å². The highest BCUT2D eigenvalue weighted by atomic mass is 15.1. The molecule has 2 heterocycles. The lowest BCUT2D eigenvalue weighted by atomic mass is 9.96. The molecule has 1 aliphatic rings. The fourth-order valence-electron chi connectivity index (χ4n) is 2.74. The maximum atomic E-state index is 4.59. The minimum atomic E-state index is 0.561. The van der Waals surface area contributed by atoms with Crippen LogP contribution in [-0.4, -0.2) is 37.6 Å². The van der Waals surface area contributed by atoms with Gasteiger partial charge in [0.05, 0.1) is 0 Å². The molecule has 0 radical (unpaired) electrons. The van der Waals surface area contributed by atoms with Gasteiger partial charge in [-0.2, -0.15) is 0 Å². The zero-order valence-electron chi connectivity index (χ0n) is 11.4. The van der Waals surface area contributed by atoms with Crippen molar-refractivity contribution in [3.05, 3.63) is 23.4 Å². The number of pyridine rings is 1. The summed E-state index contributed by atoms with van der Waals surface area (Å²) in [5.41, 5.74) is 2.64. The van der Waals surface area contributed by atoms with E-state index in [1.54, 1.807) is 0 Å². The summed E-state index contributed by atoms with van der Waals surface area (Å²) in [6.45, 7) is 3.35. The number of nitrogens with zero attached hydrogens (tertiary/aromatic N) is 3. The molecule has 0 spiro atoms. The summed E-state index contributed by atoms with van der Waals surface area (Å²) in [5.74, 6) is 1.08. The first-order chi connectivity index (χ1) is 8.09. The van der Waals surface area contributed by atoms with Crippen LogP contribution in [0.1, 0.15) is 36.4 Å². The maximum absolute atomic E-state index is 4.59. The molecule has 1 aliphatic heterocycles. The first-order valence-corrected chi connectivity index (χ1v) is 6.43. The van der Waals surface area contributed by atoms with Crippen LogP contribution < -0.4 is 4.90 Å². The van der Waals surface area contributed by atoms with Crippen LogP contribution >= 0.6 is 0 Å². The molecule has 0 bridgehead atoms. The van der Waals surface area contributed by atoms with Gasteiger partial charge in [-0.1, -0.05) is 6.42 Å². The van der Waals surface area contributed by atoms with Crippen molar-refractivity contribution in [3.8, 4) is 0 Å². The number of piperidine rings is 1. The molecule has 0 aromatic carbocycles. The lowest BCUT2D eigenvalue weighted by Crippen LogP contribution is -2.29. The van der Waals surface area contributed by atoms with Crippen LogP contribution in [0, 0.1) is 6.92 Å². The number of anilines is 1. The Hall–Kier alpha value is -1.09. The van der Waals surface area contributed by atoms with Crippen LogP contribution in [0.25, 0.3) is 0 Å². The number of likely N-dealkylation sites (tertiary alicyclic amines) is 1. The molecule has 0 saturated carbocycles. The van der Waals surface area contributed by atoms with Crippen LogP contribution in [-0.2, 0) is 0 Å². The molecule has 1 atom stereocenters. The van der Waals surface area contributed by atoms with E-state index in [4.69, 9.17) is 0 Å². The summed E-state index contributed by atoms with van der Waals surface area (Å²) in [5, 5.41) is 0. The zero-order chi connectivity index (χ0) is 12.4. The van der Waals surface area contributed by atoms with Gasteiger partial charge < -0.3 is 4.90 Å². The van der Waals surface area contributed by atoms with Crippen molar-refractivity contribution in [1.82, 2.24) is 9.88 Å². The molecule has 3 heteroatoms. The van der Waals surface area contributed by atoms with E-state index in [1.165, 1.54) is 36.9 Å². The summed E-state index contributed by atoms with van der Waals surface area (Å²) in [6, 6.07) is 2.86. The predicted molar refractivity (Wildman–Crippen MR) is 72.5 cm³/mol. The van der Waals surface area contributed by atoms with E-state index in [-0.39, 0.29) is 0 Å². The van der Waals surface area contributed by atoms with Gasteiger partial charge in [-0.3, -0.25) is 4.90 Å². The van der Waals surface area contributed by atoms with Gasteiger partial charge in [-0.15, -0.1) is 0 Å². The molecule has 1 aromatic heterocycles. The molecular weight excluding hydrogens is 210 g/mol. The lowest BCUT2D eigenvalue weighted by molar-refractivity contribution is 0.187. The van der Waals surface area contributed by atoms with Gasteiger partial charge in [-0.05, 0) is 50.6 Å². The van der Waals surface area contributed by atoms with Gasteiger partial charge in [-0.25, -0.2) is 4.98 Å².